The van der Waals surface area contributed by atoms with Crippen LogP contribution in [0.5, 0.6) is 0 Å². The third kappa shape index (κ3) is 4.53. The molecule has 3 aromatic heterocycles. The molecule has 10 heteroatoms. The highest BCUT2D eigenvalue weighted by Gasteiger charge is 2.32. The second kappa shape index (κ2) is 9.05. The van der Waals surface area contributed by atoms with Crippen LogP contribution in [-0.4, -0.2) is 56.0 Å². The monoisotopic (exact) mass is 481 g/mol. The number of anilines is 1. The van der Waals surface area contributed by atoms with Crippen LogP contribution in [0, 0.1) is 11.6 Å². The number of aromatic amines is 1. The minimum atomic E-state index is -0.533. The Bertz CT molecular complexity index is 1250. The van der Waals surface area contributed by atoms with Crippen molar-refractivity contribution in [2.24, 2.45) is 0 Å². The van der Waals surface area contributed by atoms with E-state index in [1.165, 1.54) is 18.5 Å². The molecule has 2 saturated carbocycles. The van der Waals surface area contributed by atoms with Gasteiger partial charge in [0.05, 0.1) is 12.4 Å². The van der Waals surface area contributed by atoms with Crippen LogP contribution in [0.3, 0.4) is 0 Å². The highest BCUT2D eigenvalue weighted by Crippen LogP contribution is 2.46. The van der Waals surface area contributed by atoms with Gasteiger partial charge >= 0.3 is 6.03 Å². The number of hydrogen-bond donors (Lipinski definition) is 3. The molecule has 3 aromatic rings. The lowest BCUT2D eigenvalue weighted by atomic mass is 9.91. The average Bonchev–Trinajstić information content (AvgIpc) is 3.40. The van der Waals surface area contributed by atoms with Gasteiger partial charge in [-0.15, -0.1) is 0 Å². The highest BCUT2D eigenvalue weighted by molar-refractivity contribution is 5.94. The molecule has 0 aromatic carbocycles. The Kier molecular flexibility index (Phi) is 5.74. The Morgan fingerprint density at radius 3 is 2.63 bits per heavy atom. The molecule has 0 radical (unpaired) electrons. The van der Waals surface area contributed by atoms with E-state index in [-0.39, 0.29) is 23.9 Å². The molecule has 1 saturated heterocycles. The van der Waals surface area contributed by atoms with E-state index in [0.717, 1.165) is 63.7 Å². The molecule has 4 heterocycles. The first-order valence-electron chi connectivity index (χ1n) is 12.6. The first-order chi connectivity index (χ1) is 17.0. The van der Waals surface area contributed by atoms with Crippen LogP contribution in [0.15, 0.2) is 18.5 Å². The molecular formula is C25H29F2N7O. The lowest BCUT2D eigenvalue weighted by Gasteiger charge is -2.32. The number of nitrogens with zero attached hydrogens (tertiary/aromatic N) is 4. The molecular weight excluding hydrogens is 452 g/mol. The first-order valence-corrected chi connectivity index (χ1v) is 12.6. The van der Waals surface area contributed by atoms with Gasteiger partial charge in [-0.2, -0.15) is 0 Å². The van der Waals surface area contributed by atoms with Crippen molar-refractivity contribution in [1.29, 1.82) is 0 Å². The van der Waals surface area contributed by atoms with Crippen molar-refractivity contribution < 1.29 is 13.6 Å². The number of pyridine rings is 1. The van der Waals surface area contributed by atoms with E-state index in [0.29, 0.717) is 34.8 Å². The Labute approximate surface area is 201 Å². The number of urea groups is 1. The van der Waals surface area contributed by atoms with Gasteiger partial charge in [0.25, 0.3) is 0 Å². The van der Waals surface area contributed by atoms with E-state index < -0.39 is 11.6 Å². The smallest absolute Gasteiger partial charge is 0.317 e. The fourth-order valence-electron chi connectivity index (χ4n) is 5.40. The Morgan fingerprint density at radius 1 is 1.03 bits per heavy atom. The molecule has 2 amide bonds. The lowest BCUT2D eigenvalue weighted by molar-refractivity contribution is 0.199. The summed E-state index contributed by atoms with van der Waals surface area (Å²) in [6.07, 6.45) is 9.93. The predicted molar refractivity (Wildman–Crippen MR) is 128 cm³/mol. The summed E-state index contributed by atoms with van der Waals surface area (Å²) in [5.41, 5.74) is 2.20. The van der Waals surface area contributed by atoms with Gasteiger partial charge in [-0.1, -0.05) is 0 Å². The summed E-state index contributed by atoms with van der Waals surface area (Å²) >= 11 is 0. The SMILES string of the molecule is O=C(N[C@@H]1CCC[C@H](Nc2nc(-c3c(C4CC4)[nH]c4ncc(F)cc34)ncc2F)C1)N1CCCC1. The Morgan fingerprint density at radius 2 is 1.83 bits per heavy atom. The molecule has 0 bridgehead atoms. The topological polar surface area (TPSA) is 98.8 Å². The fourth-order valence-corrected chi connectivity index (χ4v) is 5.40. The number of carbonyl (C=O) groups is 1. The number of hydrogen-bond acceptors (Lipinski definition) is 5. The molecule has 0 unspecified atom stereocenters. The van der Waals surface area contributed by atoms with Crippen molar-refractivity contribution in [3.8, 4) is 11.4 Å². The third-order valence-electron chi connectivity index (χ3n) is 7.34. The number of H-pyrrole nitrogens is 1. The molecule has 3 aliphatic rings. The van der Waals surface area contributed by atoms with E-state index in [1.807, 2.05) is 4.90 Å². The van der Waals surface area contributed by atoms with Crippen molar-refractivity contribution in [3.63, 3.8) is 0 Å². The molecule has 6 rings (SSSR count). The molecule has 2 aliphatic carbocycles. The normalized spacial score (nSPS) is 22.5. The van der Waals surface area contributed by atoms with Gasteiger partial charge < -0.3 is 20.5 Å². The van der Waals surface area contributed by atoms with Crippen molar-refractivity contribution in [2.45, 2.75) is 69.4 Å². The second-order valence-corrected chi connectivity index (χ2v) is 9.98. The highest BCUT2D eigenvalue weighted by atomic mass is 19.1. The zero-order valence-electron chi connectivity index (χ0n) is 19.5. The quantitative estimate of drug-likeness (QED) is 0.491. The molecule has 0 spiro atoms. The summed E-state index contributed by atoms with van der Waals surface area (Å²) in [6, 6.07) is 1.45. The van der Waals surface area contributed by atoms with Crippen LogP contribution in [0.1, 0.15) is 63.0 Å². The number of aromatic nitrogens is 4. The van der Waals surface area contributed by atoms with E-state index in [2.05, 4.69) is 30.6 Å². The van der Waals surface area contributed by atoms with Crippen LogP contribution >= 0.6 is 0 Å². The Balaban J connectivity index is 1.23. The number of likely N-dealkylation sites (tertiary alicyclic amines) is 1. The van der Waals surface area contributed by atoms with Gasteiger partial charge in [-0.05, 0) is 63.4 Å². The maximum absolute atomic E-state index is 14.8. The number of amides is 2. The van der Waals surface area contributed by atoms with Crippen LogP contribution in [0.4, 0.5) is 19.4 Å². The zero-order valence-corrected chi connectivity index (χ0v) is 19.5. The van der Waals surface area contributed by atoms with Crippen molar-refractivity contribution in [3.05, 3.63) is 35.8 Å². The number of rotatable bonds is 5. The average molecular weight is 482 g/mol. The van der Waals surface area contributed by atoms with Crippen LogP contribution < -0.4 is 10.6 Å². The lowest BCUT2D eigenvalue weighted by Crippen LogP contribution is -2.47. The largest absolute Gasteiger partial charge is 0.365 e. The minimum absolute atomic E-state index is 0.00330. The summed E-state index contributed by atoms with van der Waals surface area (Å²) in [5.74, 6) is -0.166. The molecule has 8 nitrogen and oxygen atoms in total. The van der Waals surface area contributed by atoms with Gasteiger partial charge in [0.15, 0.2) is 17.5 Å². The molecule has 184 valence electrons. The second-order valence-electron chi connectivity index (χ2n) is 9.98. The van der Waals surface area contributed by atoms with Gasteiger partial charge in [-0.3, -0.25) is 0 Å². The molecule has 2 atom stereocenters. The van der Waals surface area contributed by atoms with Crippen LogP contribution in [0.25, 0.3) is 22.4 Å². The summed E-state index contributed by atoms with van der Waals surface area (Å²) in [4.78, 5) is 30.7. The van der Waals surface area contributed by atoms with E-state index >= 15 is 0 Å². The maximum Gasteiger partial charge on any atom is 0.317 e. The summed E-state index contributed by atoms with van der Waals surface area (Å²) in [5, 5.41) is 7.01. The summed E-state index contributed by atoms with van der Waals surface area (Å²) in [7, 11) is 0. The first kappa shape index (κ1) is 22.2. The fraction of sp³-hybridized carbons (Fsp3) is 0.520. The van der Waals surface area contributed by atoms with Gasteiger partial charge in [0.2, 0.25) is 0 Å². The van der Waals surface area contributed by atoms with Gasteiger partial charge in [-0.25, -0.2) is 28.5 Å². The predicted octanol–water partition coefficient (Wildman–Crippen LogP) is 4.70. The zero-order chi connectivity index (χ0) is 23.9. The van der Waals surface area contributed by atoms with Gasteiger partial charge in [0, 0.05) is 41.8 Å². The molecule has 3 fully saturated rings. The number of nitrogens with one attached hydrogen (secondary N) is 3. The van der Waals surface area contributed by atoms with Crippen molar-refractivity contribution >= 4 is 22.9 Å². The van der Waals surface area contributed by atoms with Crippen molar-refractivity contribution in [2.75, 3.05) is 18.4 Å². The maximum atomic E-state index is 14.8. The summed E-state index contributed by atoms with van der Waals surface area (Å²) in [6.45, 7) is 1.62. The molecule has 1 aliphatic heterocycles. The minimum Gasteiger partial charge on any atom is -0.365 e. The molecule has 3 N–H and O–H groups in total. The standard InChI is InChI=1S/C25H29F2N7O/c26-15-10-18-20(21(14-6-7-14)32-22(18)28-12-15)24-29-13-19(27)23(33-24)30-16-4-3-5-17(11-16)31-25(35)34-8-1-2-9-34/h10,12-14,16-17H,1-9,11H2,(H,28,32)(H,31,35)(H,29,30,33)/t16-,17+/m0/s1. The van der Waals surface area contributed by atoms with E-state index in [4.69, 9.17) is 0 Å². The van der Waals surface area contributed by atoms with Crippen LogP contribution in [0.2, 0.25) is 0 Å². The third-order valence-corrected chi connectivity index (χ3v) is 7.34. The van der Waals surface area contributed by atoms with E-state index in [9.17, 15) is 13.6 Å². The number of fused-ring (bicyclic) bond motifs is 1. The van der Waals surface area contributed by atoms with Crippen molar-refractivity contribution in [1.82, 2.24) is 30.2 Å². The van der Waals surface area contributed by atoms with Crippen LogP contribution in [-0.2, 0) is 0 Å². The van der Waals surface area contributed by atoms with Gasteiger partial charge in [0.1, 0.15) is 11.5 Å². The summed E-state index contributed by atoms with van der Waals surface area (Å²) < 4.78 is 28.8. The number of carbonyl (C=O) groups excluding carboxylic acids is 1. The number of halogens is 2. The molecule has 35 heavy (non-hydrogen) atoms. The Hall–Kier alpha value is -3.30. The van der Waals surface area contributed by atoms with E-state index in [1.54, 1.807) is 0 Å².